The van der Waals surface area contributed by atoms with E-state index in [1.807, 2.05) is 13.8 Å². The fraction of sp³-hybridized carbons (Fsp3) is 0.739. The number of likely N-dealkylation sites (tertiary alicyclic amines) is 1. The van der Waals surface area contributed by atoms with Gasteiger partial charge >= 0.3 is 0 Å². The average molecular weight is 433 g/mol. The molecule has 2 atom stereocenters. The van der Waals surface area contributed by atoms with Gasteiger partial charge in [0.15, 0.2) is 0 Å². The number of hydrogen-bond donors (Lipinski definition) is 0. The van der Waals surface area contributed by atoms with E-state index in [2.05, 4.69) is 40.7 Å². The highest BCUT2D eigenvalue weighted by molar-refractivity contribution is 5.93. The summed E-state index contributed by atoms with van der Waals surface area (Å²) < 4.78 is 0. The zero-order chi connectivity index (χ0) is 23.0. The van der Waals surface area contributed by atoms with E-state index in [-0.39, 0.29) is 11.8 Å². The summed E-state index contributed by atoms with van der Waals surface area (Å²) in [6, 6.07) is 2.44. The van der Waals surface area contributed by atoms with Gasteiger partial charge in [0.25, 0.3) is 5.91 Å². The van der Waals surface area contributed by atoms with Gasteiger partial charge in [-0.05, 0) is 33.7 Å². The molecule has 0 aliphatic carbocycles. The van der Waals surface area contributed by atoms with Crippen molar-refractivity contribution in [2.45, 2.75) is 65.6 Å². The van der Waals surface area contributed by atoms with Crippen LogP contribution in [0.5, 0.6) is 0 Å². The Balaban J connectivity index is 0.000000214. The monoisotopic (exact) mass is 432 g/mol. The quantitative estimate of drug-likeness (QED) is 0.712. The summed E-state index contributed by atoms with van der Waals surface area (Å²) in [6.45, 7) is 15.1. The fourth-order valence-electron chi connectivity index (χ4n) is 4.38. The molecule has 8 heteroatoms. The molecule has 0 saturated carbocycles. The Kier molecular flexibility index (Phi) is 9.84. The van der Waals surface area contributed by atoms with Gasteiger partial charge in [0.2, 0.25) is 5.91 Å². The lowest BCUT2D eigenvalue weighted by atomic mass is 10.1. The normalized spacial score (nSPS) is 23.6. The van der Waals surface area contributed by atoms with Crippen LogP contribution in [-0.2, 0) is 4.79 Å². The molecule has 2 bridgehead atoms. The van der Waals surface area contributed by atoms with Crippen molar-refractivity contribution in [3.63, 3.8) is 0 Å². The average Bonchev–Trinajstić information content (AvgIpc) is 3.00. The Labute approximate surface area is 187 Å². The second-order valence-corrected chi connectivity index (χ2v) is 8.52. The molecule has 0 spiro atoms. The fourth-order valence-corrected chi connectivity index (χ4v) is 4.38. The van der Waals surface area contributed by atoms with E-state index in [0.29, 0.717) is 31.7 Å². The maximum atomic E-state index is 12.0. The molecule has 3 aliphatic heterocycles. The molecule has 2 unspecified atom stereocenters. The van der Waals surface area contributed by atoms with Crippen LogP contribution in [0.3, 0.4) is 0 Å². The number of hydrogen-bond acceptors (Lipinski definition) is 6. The van der Waals surface area contributed by atoms with Gasteiger partial charge in [-0.3, -0.25) is 19.4 Å². The second-order valence-electron chi connectivity index (χ2n) is 8.52. The van der Waals surface area contributed by atoms with Gasteiger partial charge in [-0.2, -0.15) is 0 Å². The van der Waals surface area contributed by atoms with E-state index in [9.17, 15) is 9.59 Å². The molecule has 31 heavy (non-hydrogen) atoms. The van der Waals surface area contributed by atoms with E-state index in [4.69, 9.17) is 0 Å². The van der Waals surface area contributed by atoms with Gasteiger partial charge < -0.3 is 9.80 Å². The summed E-state index contributed by atoms with van der Waals surface area (Å²) >= 11 is 0. The summed E-state index contributed by atoms with van der Waals surface area (Å²) in [5.74, 6) is -0.0195. The van der Waals surface area contributed by atoms with E-state index >= 15 is 0 Å². The molecule has 0 N–H and O–H groups in total. The zero-order valence-corrected chi connectivity index (χ0v) is 20.1. The van der Waals surface area contributed by atoms with E-state index in [1.165, 1.54) is 44.7 Å². The van der Waals surface area contributed by atoms with Crippen LogP contribution in [0.15, 0.2) is 18.7 Å². The lowest BCUT2D eigenvalue weighted by molar-refractivity contribution is -0.130. The van der Waals surface area contributed by atoms with E-state index in [0.717, 1.165) is 18.1 Å². The summed E-state index contributed by atoms with van der Waals surface area (Å²) in [5, 5.41) is 0. The van der Waals surface area contributed by atoms with Crippen LogP contribution in [0.25, 0.3) is 0 Å². The summed E-state index contributed by atoms with van der Waals surface area (Å²) in [4.78, 5) is 39.5. The molecule has 3 saturated heterocycles. The number of fused-ring (bicyclic) bond motifs is 2. The minimum absolute atomic E-state index is 0.0557. The number of carbonyl (C=O) groups excluding carboxylic acids is 2. The lowest BCUT2D eigenvalue weighted by Gasteiger charge is -2.40. The van der Waals surface area contributed by atoms with E-state index in [1.54, 1.807) is 16.7 Å². The van der Waals surface area contributed by atoms with Crippen molar-refractivity contribution in [1.29, 1.82) is 0 Å². The molecule has 174 valence electrons. The maximum Gasteiger partial charge on any atom is 0.257 e. The molecular formula is C23H40N6O2. The molecule has 1 aromatic heterocycles. The highest BCUT2D eigenvalue weighted by Crippen LogP contribution is 2.28. The molecule has 3 aliphatic rings. The van der Waals surface area contributed by atoms with Crippen molar-refractivity contribution < 1.29 is 9.59 Å². The van der Waals surface area contributed by atoms with Crippen molar-refractivity contribution >= 4 is 11.8 Å². The second kappa shape index (κ2) is 12.1. The number of piperazine rings is 2. The minimum Gasteiger partial charge on any atom is -0.339 e. The van der Waals surface area contributed by atoms with Crippen molar-refractivity contribution in [1.82, 2.24) is 29.6 Å². The Bertz CT molecular complexity index is 677. The van der Waals surface area contributed by atoms with Crippen LogP contribution < -0.4 is 0 Å². The van der Waals surface area contributed by atoms with Gasteiger partial charge in [0.05, 0.1) is 5.56 Å². The third kappa shape index (κ3) is 6.71. The third-order valence-electron chi connectivity index (χ3n) is 6.43. The molecule has 0 radical (unpaired) electrons. The largest absolute Gasteiger partial charge is 0.339 e. The summed E-state index contributed by atoms with van der Waals surface area (Å²) in [6.07, 6.45) is 7.25. The topological polar surface area (TPSA) is 72.9 Å². The highest BCUT2D eigenvalue weighted by atomic mass is 16.2. The van der Waals surface area contributed by atoms with Crippen molar-refractivity contribution in [3.05, 3.63) is 24.3 Å². The first-order valence-corrected chi connectivity index (χ1v) is 11.6. The van der Waals surface area contributed by atoms with Gasteiger partial charge in [0.1, 0.15) is 6.33 Å². The smallest absolute Gasteiger partial charge is 0.257 e. The number of rotatable bonds is 2. The molecule has 3 fully saturated rings. The molecule has 4 heterocycles. The number of aromatic nitrogens is 2. The third-order valence-corrected chi connectivity index (χ3v) is 6.43. The first kappa shape index (κ1) is 25.2. The first-order chi connectivity index (χ1) is 14.9. The van der Waals surface area contributed by atoms with Crippen molar-refractivity contribution in [2.24, 2.45) is 0 Å². The van der Waals surface area contributed by atoms with Crippen molar-refractivity contribution in [2.75, 3.05) is 46.3 Å². The minimum atomic E-state index is -0.0752. The zero-order valence-electron chi connectivity index (χ0n) is 20.1. The van der Waals surface area contributed by atoms with Gasteiger partial charge in [-0.1, -0.05) is 13.8 Å². The molecular weight excluding hydrogens is 392 g/mol. The Hall–Kier alpha value is -2.06. The Morgan fingerprint density at radius 3 is 1.87 bits per heavy atom. The SMILES string of the molecule is CC.CC(=O)N1CCN(C(=O)c2cncnc2)CC1.CC(C)N1CC2CCC(C1)N2C. The van der Waals surface area contributed by atoms with Crippen LogP contribution in [-0.4, -0.2) is 106 Å². The van der Waals surface area contributed by atoms with Crippen LogP contribution in [0, 0.1) is 0 Å². The highest BCUT2D eigenvalue weighted by Gasteiger charge is 2.37. The number of nitrogens with zero attached hydrogens (tertiary/aromatic N) is 6. The van der Waals surface area contributed by atoms with Crippen LogP contribution in [0.2, 0.25) is 0 Å². The van der Waals surface area contributed by atoms with Crippen LogP contribution in [0.1, 0.15) is 57.8 Å². The Morgan fingerprint density at radius 1 is 0.935 bits per heavy atom. The number of likely N-dealkylation sites (N-methyl/N-ethyl adjacent to an activating group) is 1. The molecule has 2 amide bonds. The van der Waals surface area contributed by atoms with E-state index < -0.39 is 0 Å². The standard InChI is InChI=1S/C11H14N4O2.C10H20N2.C2H6/c1-9(16)14-2-4-15(5-3-14)11(17)10-6-12-8-13-7-10;1-8(2)12-6-9-4-5-10(7-12)11(9)3;1-2/h6-8H,2-5H2,1H3;8-10H,4-7H2,1-3H3;1-2H3. The summed E-state index contributed by atoms with van der Waals surface area (Å²) in [7, 11) is 2.29. The first-order valence-electron chi connectivity index (χ1n) is 11.6. The van der Waals surface area contributed by atoms with Gasteiger partial charge in [-0.25, -0.2) is 9.97 Å². The van der Waals surface area contributed by atoms with Gasteiger partial charge in [0, 0.05) is 76.7 Å². The van der Waals surface area contributed by atoms with Crippen molar-refractivity contribution in [3.8, 4) is 0 Å². The molecule has 1 aromatic rings. The number of amides is 2. The summed E-state index contributed by atoms with van der Waals surface area (Å²) in [5.41, 5.74) is 0.490. The van der Waals surface area contributed by atoms with Gasteiger partial charge in [-0.15, -0.1) is 0 Å². The number of carbonyl (C=O) groups is 2. The predicted octanol–water partition coefficient (Wildman–Crippen LogP) is 1.98. The lowest BCUT2D eigenvalue weighted by Crippen LogP contribution is -2.53. The van der Waals surface area contributed by atoms with Crippen LogP contribution >= 0.6 is 0 Å². The predicted molar refractivity (Wildman–Crippen MR) is 123 cm³/mol. The molecule has 8 nitrogen and oxygen atoms in total. The molecule has 4 rings (SSSR count). The maximum absolute atomic E-state index is 12.0. The van der Waals surface area contributed by atoms with Crippen LogP contribution in [0.4, 0.5) is 0 Å². The Morgan fingerprint density at radius 2 is 1.42 bits per heavy atom. The molecule has 0 aromatic carbocycles.